The minimum atomic E-state index is -4.53. The van der Waals surface area contributed by atoms with Crippen molar-refractivity contribution in [3.05, 3.63) is 24.3 Å². The van der Waals surface area contributed by atoms with Crippen LogP contribution < -0.4 is 5.32 Å². The summed E-state index contributed by atoms with van der Waals surface area (Å²) in [5.74, 6) is -3.40. The molecule has 1 N–H and O–H groups in total. The van der Waals surface area contributed by atoms with Crippen molar-refractivity contribution in [2.24, 2.45) is 0 Å². The summed E-state index contributed by atoms with van der Waals surface area (Å²) in [6, 6.07) is 5.39. The van der Waals surface area contributed by atoms with Crippen molar-refractivity contribution in [1.82, 2.24) is 4.90 Å². The quantitative estimate of drug-likeness (QED) is 0.854. The Balaban J connectivity index is 1.85. The summed E-state index contributed by atoms with van der Waals surface area (Å²) in [6.45, 7) is 7.33. The lowest BCUT2D eigenvalue weighted by Crippen LogP contribution is -2.46. The number of nitrogens with one attached hydrogen (secondary N) is 1. The molecule has 1 aliphatic heterocycles. The van der Waals surface area contributed by atoms with Crippen molar-refractivity contribution in [3.63, 3.8) is 0 Å². The van der Waals surface area contributed by atoms with Crippen molar-refractivity contribution in [3.8, 4) is 0 Å². The molecule has 8 heteroatoms. The highest BCUT2D eigenvalue weighted by Crippen LogP contribution is 2.20. The molecule has 0 amide bonds. The number of alkyl halides is 2. The van der Waals surface area contributed by atoms with Gasteiger partial charge in [0.25, 0.3) is 0 Å². The van der Waals surface area contributed by atoms with E-state index >= 15 is 0 Å². The van der Waals surface area contributed by atoms with E-state index in [1.807, 2.05) is 13.8 Å². The van der Waals surface area contributed by atoms with E-state index in [9.17, 15) is 17.2 Å². The third-order valence-electron chi connectivity index (χ3n) is 3.67. The molecule has 1 saturated heterocycles. The van der Waals surface area contributed by atoms with Gasteiger partial charge in [-0.3, -0.25) is 4.90 Å². The summed E-state index contributed by atoms with van der Waals surface area (Å²) in [5.41, 5.74) is 0.701. The molecule has 23 heavy (non-hydrogen) atoms. The molecule has 0 radical (unpaired) electrons. The molecule has 1 fully saturated rings. The Morgan fingerprint density at radius 2 is 1.78 bits per heavy atom. The molecule has 0 aliphatic carbocycles. The van der Waals surface area contributed by atoms with Gasteiger partial charge in [-0.25, -0.2) is 8.42 Å². The average molecular weight is 348 g/mol. The number of hydrogen-bond acceptors (Lipinski definition) is 5. The minimum Gasteiger partial charge on any atom is -0.384 e. The molecule has 1 aromatic carbocycles. The van der Waals surface area contributed by atoms with Crippen LogP contribution in [0.25, 0.3) is 0 Å². The van der Waals surface area contributed by atoms with Crippen molar-refractivity contribution < 1.29 is 21.9 Å². The summed E-state index contributed by atoms with van der Waals surface area (Å²) in [4.78, 5) is 1.93. The van der Waals surface area contributed by atoms with Gasteiger partial charge in [0.2, 0.25) is 9.84 Å². The highest BCUT2D eigenvalue weighted by Gasteiger charge is 2.26. The van der Waals surface area contributed by atoms with Gasteiger partial charge in [0, 0.05) is 31.9 Å². The first kappa shape index (κ1) is 18.1. The molecule has 0 bridgehead atoms. The summed E-state index contributed by atoms with van der Waals surface area (Å²) in [5, 5.41) is 3.16. The van der Waals surface area contributed by atoms with Gasteiger partial charge in [0.05, 0.1) is 17.1 Å². The van der Waals surface area contributed by atoms with Crippen molar-refractivity contribution in [1.29, 1.82) is 0 Å². The standard InChI is InChI=1S/C15H22F2N2O3S/c1-11-9-19(10-12(2)22-11)8-7-18-13-3-5-14(6-4-13)23(20,21)15(16)17/h3-6,11-12,15,18H,7-10H2,1-2H3/t11-,12-/m1/s1. The fourth-order valence-corrected chi connectivity index (χ4v) is 3.41. The van der Waals surface area contributed by atoms with Crippen LogP contribution in [0.1, 0.15) is 13.8 Å². The van der Waals surface area contributed by atoms with Gasteiger partial charge in [-0.1, -0.05) is 0 Å². The molecule has 0 unspecified atom stereocenters. The fourth-order valence-electron chi connectivity index (χ4n) is 2.69. The van der Waals surface area contributed by atoms with Gasteiger partial charge in [0.1, 0.15) is 0 Å². The maximum absolute atomic E-state index is 12.5. The first-order chi connectivity index (χ1) is 10.8. The first-order valence-corrected chi connectivity index (χ1v) is 9.07. The Bertz CT molecular complexity index is 598. The minimum absolute atomic E-state index is 0.206. The van der Waals surface area contributed by atoms with E-state index in [2.05, 4.69) is 10.2 Å². The maximum Gasteiger partial charge on any atom is 0.341 e. The normalized spacial score (nSPS) is 23.2. The number of morpholine rings is 1. The van der Waals surface area contributed by atoms with E-state index in [0.717, 1.165) is 19.6 Å². The number of hydrogen-bond donors (Lipinski definition) is 1. The van der Waals surface area contributed by atoms with Crippen LogP contribution in [0.2, 0.25) is 0 Å². The molecule has 1 aliphatic rings. The maximum atomic E-state index is 12.5. The molecule has 0 saturated carbocycles. The largest absolute Gasteiger partial charge is 0.384 e. The molecule has 130 valence electrons. The van der Waals surface area contributed by atoms with E-state index in [0.29, 0.717) is 12.2 Å². The molecule has 2 atom stereocenters. The number of sulfone groups is 1. The van der Waals surface area contributed by atoms with Crippen LogP contribution >= 0.6 is 0 Å². The highest BCUT2D eigenvalue weighted by atomic mass is 32.2. The van der Waals surface area contributed by atoms with Crippen molar-refractivity contribution in [2.45, 2.75) is 36.7 Å². The van der Waals surface area contributed by atoms with Crippen LogP contribution in [0.4, 0.5) is 14.5 Å². The zero-order chi connectivity index (χ0) is 17.0. The van der Waals surface area contributed by atoms with Crippen molar-refractivity contribution in [2.75, 3.05) is 31.5 Å². The Morgan fingerprint density at radius 1 is 1.22 bits per heavy atom. The van der Waals surface area contributed by atoms with Gasteiger partial charge in [0.15, 0.2) is 0 Å². The lowest BCUT2D eigenvalue weighted by Gasteiger charge is -2.35. The zero-order valence-electron chi connectivity index (χ0n) is 13.2. The lowest BCUT2D eigenvalue weighted by molar-refractivity contribution is -0.0667. The molecule has 2 rings (SSSR count). The molecule has 1 heterocycles. The van der Waals surface area contributed by atoms with E-state index in [1.54, 1.807) is 0 Å². The molecular formula is C15H22F2N2O3S. The van der Waals surface area contributed by atoms with Gasteiger partial charge in [-0.15, -0.1) is 0 Å². The molecule has 1 aromatic rings. The zero-order valence-corrected chi connectivity index (χ0v) is 14.0. The number of nitrogens with zero attached hydrogens (tertiary/aromatic N) is 1. The number of rotatable bonds is 6. The Labute approximate surface area is 135 Å². The van der Waals surface area contributed by atoms with E-state index in [4.69, 9.17) is 4.74 Å². The third kappa shape index (κ3) is 4.86. The monoisotopic (exact) mass is 348 g/mol. The number of benzene rings is 1. The van der Waals surface area contributed by atoms with Crippen molar-refractivity contribution >= 4 is 15.5 Å². The third-order valence-corrected chi connectivity index (χ3v) is 5.07. The number of anilines is 1. The Kier molecular flexibility index (Phi) is 5.94. The summed E-state index contributed by atoms with van der Waals surface area (Å²) in [6.07, 6.45) is 0.412. The SMILES string of the molecule is C[C@@H]1CN(CCNc2ccc(S(=O)(=O)C(F)F)cc2)C[C@@H](C)O1. The second-order valence-electron chi connectivity index (χ2n) is 5.77. The topological polar surface area (TPSA) is 58.6 Å². The first-order valence-electron chi connectivity index (χ1n) is 7.53. The van der Waals surface area contributed by atoms with Crippen LogP contribution in [0.5, 0.6) is 0 Å². The van der Waals surface area contributed by atoms with Gasteiger partial charge in [-0.05, 0) is 38.1 Å². The van der Waals surface area contributed by atoms with Gasteiger partial charge < -0.3 is 10.1 Å². The van der Waals surface area contributed by atoms with E-state index < -0.39 is 15.6 Å². The lowest BCUT2D eigenvalue weighted by atomic mass is 10.2. The smallest absolute Gasteiger partial charge is 0.341 e. The van der Waals surface area contributed by atoms with Crippen LogP contribution in [0, 0.1) is 0 Å². The van der Waals surface area contributed by atoms with Crippen LogP contribution in [-0.2, 0) is 14.6 Å². The molecular weight excluding hydrogens is 326 g/mol. The van der Waals surface area contributed by atoms with E-state index in [1.165, 1.54) is 24.3 Å². The Hall–Kier alpha value is -1.25. The van der Waals surface area contributed by atoms with Crippen LogP contribution in [-0.4, -0.2) is 57.5 Å². The number of ether oxygens (including phenoxy) is 1. The predicted octanol–water partition coefficient (Wildman–Crippen LogP) is 2.20. The summed E-state index contributed by atoms with van der Waals surface area (Å²) in [7, 11) is -4.53. The van der Waals surface area contributed by atoms with Crippen LogP contribution in [0.3, 0.4) is 0 Å². The summed E-state index contributed by atoms with van der Waals surface area (Å²) >= 11 is 0. The molecule has 5 nitrogen and oxygen atoms in total. The van der Waals surface area contributed by atoms with Crippen LogP contribution in [0.15, 0.2) is 29.2 Å². The molecule has 0 aromatic heterocycles. The van der Waals surface area contributed by atoms with Gasteiger partial charge >= 0.3 is 5.76 Å². The fraction of sp³-hybridized carbons (Fsp3) is 0.600. The summed E-state index contributed by atoms with van der Waals surface area (Å²) < 4.78 is 53.2. The average Bonchev–Trinajstić information content (AvgIpc) is 2.46. The highest BCUT2D eigenvalue weighted by molar-refractivity contribution is 7.91. The second-order valence-corrected chi connectivity index (χ2v) is 7.69. The molecule has 0 spiro atoms. The second kappa shape index (κ2) is 7.55. The Morgan fingerprint density at radius 3 is 2.30 bits per heavy atom. The number of halogens is 2. The predicted molar refractivity (Wildman–Crippen MR) is 84.6 cm³/mol. The van der Waals surface area contributed by atoms with E-state index in [-0.39, 0.29) is 17.1 Å². The van der Waals surface area contributed by atoms with Gasteiger partial charge in [-0.2, -0.15) is 8.78 Å².